The highest BCUT2D eigenvalue weighted by atomic mass is 32.2. The zero-order chi connectivity index (χ0) is 23.0. The van der Waals surface area contributed by atoms with Gasteiger partial charge in [0, 0.05) is 22.6 Å². The van der Waals surface area contributed by atoms with Crippen molar-refractivity contribution < 1.29 is 18.0 Å². The van der Waals surface area contributed by atoms with E-state index in [0.717, 1.165) is 0 Å². The molecule has 9 heteroatoms. The van der Waals surface area contributed by atoms with Crippen LogP contribution in [0.4, 0.5) is 21.9 Å². The van der Waals surface area contributed by atoms with Gasteiger partial charge in [-0.2, -0.15) is 4.72 Å². The van der Waals surface area contributed by atoms with Crippen LogP contribution in [0, 0.1) is 12.3 Å². The molecule has 0 radical (unpaired) electrons. The number of rotatable bonds is 7. The Bertz CT molecular complexity index is 1270. The van der Waals surface area contributed by atoms with E-state index in [0.29, 0.717) is 17.1 Å². The van der Waals surface area contributed by atoms with E-state index in [1.54, 1.807) is 48.5 Å². The zero-order valence-corrected chi connectivity index (χ0v) is 17.6. The summed E-state index contributed by atoms with van der Waals surface area (Å²) in [5, 5.41) is 8.07. The van der Waals surface area contributed by atoms with Gasteiger partial charge in [0.1, 0.15) is 0 Å². The summed E-state index contributed by atoms with van der Waals surface area (Å²) in [5.74, 6) is 1.68. The maximum atomic E-state index is 12.6. The van der Waals surface area contributed by atoms with Gasteiger partial charge in [-0.1, -0.05) is 36.3 Å². The quantitative estimate of drug-likeness (QED) is 0.414. The lowest BCUT2D eigenvalue weighted by molar-refractivity contribution is 0.102. The number of sulfonamides is 1. The fraction of sp³-hybridized carbons (Fsp3) is 0.0435. The van der Waals surface area contributed by atoms with Crippen LogP contribution in [0.1, 0.15) is 10.4 Å². The number of amides is 3. The highest BCUT2D eigenvalue weighted by molar-refractivity contribution is 7.89. The topological polar surface area (TPSA) is 116 Å². The van der Waals surface area contributed by atoms with Crippen molar-refractivity contribution in [3.63, 3.8) is 0 Å². The van der Waals surface area contributed by atoms with E-state index in [2.05, 4.69) is 26.6 Å². The van der Waals surface area contributed by atoms with Gasteiger partial charge in [0.15, 0.2) is 0 Å². The second-order valence-electron chi connectivity index (χ2n) is 6.54. The van der Waals surface area contributed by atoms with Crippen molar-refractivity contribution in [2.75, 3.05) is 22.5 Å². The lowest BCUT2D eigenvalue weighted by Crippen LogP contribution is -2.24. The molecule has 3 amide bonds. The Hall–Kier alpha value is -4.13. The minimum absolute atomic E-state index is 0.0756. The minimum atomic E-state index is -3.82. The van der Waals surface area contributed by atoms with Crippen molar-refractivity contribution in [1.29, 1.82) is 0 Å². The lowest BCUT2D eigenvalue weighted by Gasteiger charge is -2.11. The van der Waals surface area contributed by atoms with Gasteiger partial charge in [0.2, 0.25) is 10.0 Å². The summed E-state index contributed by atoms with van der Waals surface area (Å²) in [6.07, 6.45) is 5.09. The Morgan fingerprint density at radius 2 is 1.41 bits per heavy atom. The van der Waals surface area contributed by atoms with Crippen LogP contribution in [0.25, 0.3) is 0 Å². The number of carbonyl (C=O) groups excluding carboxylic acids is 2. The standard InChI is InChI=1S/C23H20N4O4S/c1-2-14-24-32(30,31)21-13-6-8-17(15-21)22(28)25-19-11-7-12-20(16-19)27-23(29)26-18-9-4-3-5-10-18/h1,3-13,15-16,24H,14H2,(H,25,28)(H2,26,27,29). The van der Waals surface area contributed by atoms with E-state index >= 15 is 0 Å². The summed E-state index contributed by atoms with van der Waals surface area (Å²) in [7, 11) is -3.82. The van der Waals surface area contributed by atoms with E-state index in [4.69, 9.17) is 6.42 Å². The van der Waals surface area contributed by atoms with Crippen LogP contribution in [0.2, 0.25) is 0 Å². The molecule has 0 bridgehead atoms. The Labute approximate surface area is 186 Å². The maximum absolute atomic E-state index is 12.6. The summed E-state index contributed by atoms with van der Waals surface area (Å²) in [6, 6.07) is 20.7. The Kier molecular flexibility index (Phi) is 7.23. The van der Waals surface area contributed by atoms with Crippen molar-refractivity contribution in [2.45, 2.75) is 4.90 Å². The van der Waals surface area contributed by atoms with Gasteiger partial charge >= 0.3 is 6.03 Å². The van der Waals surface area contributed by atoms with Crippen molar-refractivity contribution in [3.05, 3.63) is 84.4 Å². The van der Waals surface area contributed by atoms with Crippen molar-refractivity contribution >= 4 is 39.0 Å². The van der Waals surface area contributed by atoms with Gasteiger partial charge in [-0.05, 0) is 48.5 Å². The molecule has 0 spiro atoms. The second kappa shape index (κ2) is 10.3. The molecule has 3 rings (SSSR count). The predicted octanol–water partition coefficient (Wildman–Crippen LogP) is 3.49. The summed E-state index contributed by atoms with van der Waals surface area (Å²) in [5.41, 5.74) is 1.67. The van der Waals surface area contributed by atoms with Gasteiger partial charge in [-0.3, -0.25) is 4.79 Å². The van der Waals surface area contributed by atoms with Crippen LogP contribution in [-0.4, -0.2) is 26.9 Å². The van der Waals surface area contributed by atoms with Gasteiger partial charge in [-0.15, -0.1) is 6.42 Å². The predicted molar refractivity (Wildman–Crippen MR) is 124 cm³/mol. The van der Waals surface area contributed by atoms with E-state index in [1.165, 1.54) is 24.3 Å². The van der Waals surface area contributed by atoms with Crippen LogP contribution in [0.5, 0.6) is 0 Å². The first kappa shape index (κ1) is 22.6. The molecule has 4 N–H and O–H groups in total. The smallest absolute Gasteiger partial charge is 0.322 e. The number of terminal acetylenes is 1. The third kappa shape index (κ3) is 6.18. The maximum Gasteiger partial charge on any atom is 0.323 e. The van der Waals surface area contributed by atoms with Gasteiger partial charge in [-0.25, -0.2) is 13.2 Å². The molecule has 0 aromatic heterocycles. The molecule has 0 heterocycles. The molecule has 0 aliphatic carbocycles. The monoisotopic (exact) mass is 448 g/mol. The number of hydrogen-bond donors (Lipinski definition) is 4. The molecule has 8 nitrogen and oxygen atoms in total. The lowest BCUT2D eigenvalue weighted by atomic mass is 10.2. The number of nitrogens with one attached hydrogen (secondary N) is 4. The fourth-order valence-corrected chi connectivity index (χ4v) is 3.70. The Morgan fingerprint density at radius 3 is 2.12 bits per heavy atom. The molecule has 162 valence electrons. The highest BCUT2D eigenvalue weighted by Crippen LogP contribution is 2.18. The average Bonchev–Trinajstić information content (AvgIpc) is 2.78. The first-order valence-electron chi connectivity index (χ1n) is 9.45. The molecule has 32 heavy (non-hydrogen) atoms. The third-order valence-corrected chi connectivity index (χ3v) is 5.58. The van der Waals surface area contributed by atoms with Crippen LogP contribution in [0.15, 0.2) is 83.8 Å². The molecule has 0 aliphatic heterocycles. The number of urea groups is 1. The van der Waals surface area contributed by atoms with Crippen LogP contribution in [0.3, 0.4) is 0 Å². The normalized spacial score (nSPS) is 10.6. The second-order valence-corrected chi connectivity index (χ2v) is 8.30. The van der Waals surface area contributed by atoms with Crippen LogP contribution >= 0.6 is 0 Å². The molecular weight excluding hydrogens is 428 g/mol. The van der Waals surface area contributed by atoms with E-state index < -0.39 is 22.0 Å². The number of carbonyl (C=O) groups is 2. The number of para-hydroxylation sites is 1. The SMILES string of the molecule is C#CCNS(=O)(=O)c1cccc(C(=O)Nc2cccc(NC(=O)Nc3ccccc3)c2)c1. The first-order chi connectivity index (χ1) is 15.4. The van der Waals surface area contributed by atoms with E-state index in [-0.39, 0.29) is 17.0 Å². The van der Waals surface area contributed by atoms with Gasteiger partial charge in [0.05, 0.1) is 11.4 Å². The van der Waals surface area contributed by atoms with Crippen molar-refractivity contribution in [1.82, 2.24) is 4.72 Å². The number of anilines is 3. The first-order valence-corrected chi connectivity index (χ1v) is 10.9. The Morgan fingerprint density at radius 1 is 0.781 bits per heavy atom. The fourth-order valence-electron chi connectivity index (χ4n) is 2.72. The molecule has 0 aliphatic rings. The number of hydrogen-bond acceptors (Lipinski definition) is 4. The third-order valence-electron chi connectivity index (χ3n) is 4.18. The molecule has 0 saturated carbocycles. The van der Waals surface area contributed by atoms with Gasteiger partial charge < -0.3 is 16.0 Å². The Balaban J connectivity index is 1.68. The molecule has 0 saturated heterocycles. The van der Waals surface area contributed by atoms with Crippen molar-refractivity contribution in [2.24, 2.45) is 0 Å². The molecular formula is C23H20N4O4S. The average molecular weight is 449 g/mol. The molecule has 3 aromatic rings. The summed E-state index contributed by atoms with van der Waals surface area (Å²) in [6.45, 7) is -0.156. The van der Waals surface area contributed by atoms with Gasteiger partial charge in [0.25, 0.3) is 5.91 Å². The molecule has 3 aromatic carbocycles. The molecule has 0 fully saturated rings. The van der Waals surface area contributed by atoms with Crippen molar-refractivity contribution in [3.8, 4) is 12.3 Å². The van der Waals surface area contributed by atoms with Crippen LogP contribution in [-0.2, 0) is 10.0 Å². The minimum Gasteiger partial charge on any atom is -0.322 e. The summed E-state index contributed by atoms with van der Waals surface area (Å²) < 4.78 is 26.7. The number of benzene rings is 3. The van der Waals surface area contributed by atoms with Crippen LogP contribution < -0.4 is 20.7 Å². The largest absolute Gasteiger partial charge is 0.323 e. The summed E-state index contributed by atoms with van der Waals surface area (Å²) in [4.78, 5) is 24.7. The molecule has 0 atom stereocenters. The van der Waals surface area contributed by atoms with E-state index in [1.807, 2.05) is 6.07 Å². The van der Waals surface area contributed by atoms with E-state index in [9.17, 15) is 18.0 Å². The highest BCUT2D eigenvalue weighted by Gasteiger charge is 2.16. The molecule has 0 unspecified atom stereocenters. The summed E-state index contributed by atoms with van der Waals surface area (Å²) >= 11 is 0. The zero-order valence-electron chi connectivity index (χ0n) is 16.8.